The second-order valence-electron chi connectivity index (χ2n) is 5.71. The molecule has 13 heteroatoms. The Kier molecular flexibility index (Phi) is 4.63. The molecule has 29 heavy (non-hydrogen) atoms. The molecule has 3 rings (SSSR count). The van der Waals surface area contributed by atoms with Gasteiger partial charge in [-0.2, -0.15) is 31.4 Å². The number of fused-ring (bicyclic) bond motifs is 1. The summed E-state index contributed by atoms with van der Waals surface area (Å²) in [4.78, 5) is 41.0. The quantitative estimate of drug-likeness (QED) is 0.561. The van der Waals surface area contributed by atoms with Gasteiger partial charge in [-0.15, -0.1) is 0 Å². The Morgan fingerprint density at radius 3 is 1.93 bits per heavy atom. The molecule has 0 fully saturated rings. The fraction of sp³-hybridized carbons (Fsp3) is 0.250. The monoisotopic (exact) mass is 421 g/mol. The Balaban J connectivity index is 2.07. The van der Waals surface area contributed by atoms with Gasteiger partial charge in [0, 0.05) is 6.54 Å². The molecule has 0 N–H and O–H groups in total. The molecule has 0 radical (unpaired) electrons. The third kappa shape index (κ3) is 3.32. The number of halogens is 6. The number of aromatic nitrogens is 2. The van der Waals surface area contributed by atoms with Gasteiger partial charge < -0.3 is 4.84 Å². The highest BCUT2D eigenvalue weighted by atomic mass is 19.4. The van der Waals surface area contributed by atoms with Crippen molar-refractivity contribution in [2.75, 3.05) is 0 Å². The van der Waals surface area contributed by atoms with E-state index in [-0.39, 0.29) is 20.9 Å². The Labute approximate surface area is 157 Å². The number of carbonyl (C=O) groups is 3. The van der Waals surface area contributed by atoms with Gasteiger partial charge in [0.15, 0.2) is 11.4 Å². The van der Waals surface area contributed by atoms with Gasteiger partial charge in [0.2, 0.25) is 0 Å². The summed E-state index contributed by atoms with van der Waals surface area (Å²) in [6.45, 7) is 0.444. The van der Waals surface area contributed by atoms with Gasteiger partial charge in [-0.25, -0.2) is 4.79 Å². The number of hydrogen-bond acceptors (Lipinski definition) is 5. The number of alkyl halides is 6. The number of hydrogen-bond donors (Lipinski definition) is 0. The molecule has 0 atom stereocenters. The van der Waals surface area contributed by atoms with E-state index in [1.165, 1.54) is 24.3 Å². The topological polar surface area (TPSA) is 81.5 Å². The summed E-state index contributed by atoms with van der Waals surface area (Å²) in [7, 11) is 0. The van der Waals surface area contributed by atoms with Crippen LogP contribution in [0.5, 0.6) is 0 Å². The summed E-state index contributed by atoms with van der Waals surface area (Å²) in [6, 6.07) is 5.09. The van der Waals surface area contributed by atoms with E-state index < -0.39 is 53.6 Å². The normalized spacial score (nSPS) is 14.4. The maximum atomic E-state index is 13.4. The fourth-order valence-electron chi connectivity index (χ4n) is 2.75. The zero-order valence-corrected chi connectivity index (χ0v) is 14.3. The summed E-state index contributed by atoms with van der Waals surface area (Å²) in [5, 5.41) is 2.64. The lowest BCUT2D eigenvalue weighted by Gasteiger charge is -2.15. The van der Waals surface area contributed by atoms with E-state index in [1.54, 1.807) is 0 Å². The van der Waals surface area contributed by atoms with Crippen molar-refractivity contribution in [2.24, 2.45) is 0 Å². The molecule has 0 spiro atoms. The molecule has 0 aliphatic carbocycles. The van der Waals surface area contributed by atoms with Gasteiger partial charge in [0.1, 0.15) is 5.56 Å². The summed E-state index contributed by atoms with van der Waals surface area (Å²) in [5.41, 5.74) is -6.53. The summed E-state index contributed by atoms with van der Waals surface area (Å²) in [5.74, 6) is -4.60. The molecular formula is C16H9F6N3O4. The van der Waals surface area contributed by atoms with E-state index in [4.69, 9.17) is 0 Å². The minimum atomic E-state index is -5.43. The van der Waals surface area contributed by atoms with E-state index >= 15 is 0 Å². The molecule has 0 saturated carbocycles. The first-order valence-electron chi connectivity index (χ1n) is 7.83. The van der Waals surface area contributed by atoms with E-state index in [0.717, 1.165) is 6.92 Å². The maximum absolute atomic E-state index is 13.4. The Morgan fingerprint density at radius 2 is 1.52 bits per heavy atom. The average molecular weight is 421 g/mol. The lowest BCUT2D eigenvalue weighted by molar-refractivity contribution is -0.145. The molecule has 1 aromatic carbocycles. The molecule has 0 bridgehead atoms. The number of benzene rings is 1. The molecule has 7 nitrogen and oxygen atoms in total. The van der Waals surface area contributed by atoms with Crippen LogP contribution in [0, 0.1) is 0 Å². The van der Waals surface area contributed by atoms with Crippen LogP contribution in [0.1, 0.15) is 49.4 Å². The van der Waals surface area contributed by atoms with Crippen molar-refractivity contribution >= 4 is 17.8 Å². The minimum Gasteiger partial charge on any atom is -0.324 e. The maximum Gasteiger partial charge on any atom is 0.436 e. The van der Waals surface area contributed by atoms with Crippen molar-refractivity contribution in [3.63, 3.8) is 0 Å². The molecule has 0 unspecified atom stereocenters. The Bertz CT molecular complexity index is 990. The third-order valence-corrected chi connectivity index (χ3v) is 3.92. The summed E-state index contributed by atoms with van der Waals surface area (Å²) < 4.78 is 79.6. The van der Waals surface area contributed by atoms with Gasteiger partial charge in [-0.05, 0) is 19.1 Å². The van der Waals surface area contributed by atoms with Crippen molar-refractivity contribution in [2.45, 2.75) is 25.8 Å². The van der Waals surface area contributed by atoms with Crippen molar-refractivity contribution in [3.8, 4) is 0 Å². The number of rotatable bonds is 3. The van der Waals surface area contributed by atoms with Crippen LogP contribution < -0.4 is 0 Å². The second-order valence-corrected chi connectivity index (χ2v) is 5.71. The number of aryl methyl sites for hydroxylation is 1. The van der Waals surface area contributed by atoms with E-state index in [9.17, 15) is 40.7 Å². The lowest BCUT2D eigenvalue weighted by atomic mass is 10.1. The van der Waals surface area contributed by atoms with Crippen molar-refractivity contribution in [3.05, 3.63) is 52.3 Å². The summed E-state index contributed by atoms with van der Waals surface area (Å²) in [6.07, 6.45) is -10.8. The number of nitrogens with zero attached hydrogens (tertiary/aromatic N) is 3. The van der Waals surface area contributed by atoms with Gasteiger partial charge >= 0.3 is 18.3 Å². The zero-order chi connectivity index (χ0) is 21.7. The van der Waals surface area contributed by atoms with Crippen molar-refractivity contribution < 1.29 is 45.6 Å². The van der Waals surface area contributed by atoms with Crippen LogP contribution in [0.2, 0.25) is 0 Å². The predicted molar refractivity (Wildman–Crippen MR) is 80.3 cm³/mol. The van der Waals surface area contributed by atoms with Crippen molar-refractivity contribution in [1.82, 2.24) is 14.8 Å². The molecule has 0 saturated heterocycles. The zero-order valence-electron chi connectivity index (χ0n) is 14.3. The van der Waals surface area contributed by atoms with E-state index in [0.29, 0.717) is 0 Å². The average Bonchev–Trinajstić information content (AvgIpc) is 3.14. The first-order chi connectivity index (χ1) is 13.4. The SMILES string of the molecule is CCn1nc(C(F)(F)F)c(C(=O)ON2C(=O)c3ccccc3C2=O)c1C(F)(F)F. The Hall–Kier alpha value is -3.38. The van der Waals surface area contributed by atoms with Crippen LogP contribution in [0.3, 0.4) is 0 Å². The van der Waals surface area contributed by atoms with Crippen LogP contribution in [0.4, 0.5) is 26.3 Å². The van der Waals surface area contributed by atoms with Crippen LogP contribution in [-0.4, -0.2) is 32.6 Å². The van der Waals surface area contributed by atoms with Crippen LogP contribution in [0.25, 0.3) is 0 Å². The number of hydroxylamine groups is 2. The molecule has 2 amide bonds. The fourth-order valence-corrected chi connectivity index (χ4v) is 2.75. The highest BCUT2D eigenvalue weighted by molar-refractivity contribution is 6.21. The summed E-state index contributed by atoms with van der Waals surface area (Å²) >= 11 is 0. The van der Waals surface area contributed by atoms with Crippen LogP contribution in [0.15, 0.2) is 24.3 Å². The van der Waals surface area contributed by atoms with Gasteiger partial charge in [-0.3, -0.25) is 14.3 Å². The second kappa shape index (κ2) is 6.60. The van der Waals surface area contributed by atoms with Crippen LogP contribution >= 0.6 is 0 Å². The standard InChI is InChI=1S/C16H9F6N3O4/c1-2-24-11(16(20,21)22)9(10(23-24)15(17,18)19)14(28)29-25-12(26)7-5-3-4-6-8(7)13(25)27/h3-6H,2H2,1H3. The first kappa shape index (κ1) is 20.4. The highest BCUT2D eigenvalue weighted by Crippen LogP contribution is 2.40. The minimum absolute atomic E-state index is 0.0538. The number of carbonyl (C=O) groups excluding carboxylic acids is 3. The molecule has 2 aromatic rings. The van der Waals surface area contributed by atoms with Gasteiger partial charge in [0.05, 0.1) is 11.1 Å². The molecule has 154 valence electrons. The molecule has 1 aliphatic rings. The number of amides is 2. The number of imide groups is 1. The van der Waals surface area contributed by atoms with E-state index in [2.05, 4.69) is 9.94 Å². The molecule has 1 aliphatic heterocycles. The molecule has 1 aromatic heterocycles. The van der Waals surface area contributed by atoms with E-state index in [1.807, 2.05) is 0 Å². The Morgan fingerprint density at radius 1 is 1.00 bits per heavy atom. The predicted octanol–water partition coefficient (Wildman–Crippen LogP) is 3.31. The first-order valence-corrected chi connectivity index (χ1v) is 7.83. The molecule has 2 heterocycles. The van der Waals surface area contributed by atoms with Crippen LogP contribution in [-0.2, 0) is 23.7 Å². The molecular weight excluding hydrogens is 412 g/mol. The van der Waals surface area contributed by atoms with Gasteiger partial charge in [-0.1, -0.05) is 17.2 Å². The highest BCUT2D eigenvalue weighted by Gasteiger charge is 2.50. The third-order valence-electron chi connectivity index (χ3n) is 3.92. The lowest BCUT2D eigenvalue weighted by Crippen LogP contribution is -2.34. The van der Waals surface area contributed by atoms with Gasteiger partial charge in [0.25, 0.3) is 11.8 Å². The largest absolute Gasteiger partial charge is 0.436 e. The van der Waals surface area contributed by atoms with Crippen molar-refractivity contribution in [1.29, 1.82) is 0 Å². The smallest absolute Gasteiger partial charge is 0.324 e.